The van der Waals surface area contributed by atoms with Crippen molar-refractivity contribution in [1.29, 1.82) is 0 Å². The maximum Gasteiger partial charge on any atom is 0.328 e. The molecule has 0 saturated heterocycles. The Morgan fingerprint density at radius 3 is 2.02 bits per heavy atom. The summed E-state index contributed by atoms with van der Waals surface area (Å²) in [4.78, 5) is 42.5. The molecule has 42 heavy (non-hydrogen) atoms. The summed E-state index contributed by atoms with van der Waals surface area (Å²) in [6.07, 6.45) is 2.50. The van der Waals surface area contributed by atoms with Crippen LogP contribution in [-0.4, -0.2) is 48.9 Å². The molecule has 0 bridgehead atoms. The van der Waals surface area contributed by atoms with E-state index < -0.39 is 42.2 Å². The number of amides is 1. The quantitative estimate of drug-likeness (QED) is 0.250. The molecule has 222 valence electrons. The number of benzene rings is 2. The summed E-state index contributed by atoms with van der Waals surface area (Å²) in [7, 11) is 1.41. The number of aromatic nitrogens is 1. The SMILES string of the molecule is COc1ccnc(C(=O)NC(C)C(=O)OC2CCC2(c2ccc(C)cc2)c2ccc(C)cc2)c1OCOC(=O)C(C)C. The highest BCUT2D eigenvalue weighted by Crippen LogP contribution is 2.51. The molecule has 1 heterocycles. The molecule has 1 fully saturated rings. The van der Waals surface area contributed by atoms with Gasteiger partial charge >= 0.3 is 11.9 Å². The average molecular weight is 575 g/mol. The lowest BCUT2D eigenvalue weighted by atomic mass is 9.58. The van der Waals surface area contributed by atoms with E-state index in [2.05, 4.69) is 58.8 Å². The zero-order valence-electron chi connectivity index (χ0n) is 24.9. The summed E-state index contributed by atoms with van der Waals surface area (Å²) in [5.41, 5.74) is 3.86. The van der Waals surface area contributed by atoms with Crippen molar-refractivity contribution in [1.82, 2.24) is 10.3 Å². The van der Waals surface area contributed by atoms with Gasteiger partial charge in [0.05, 0.1) is 18.4 Å². The van der Waals surface area contributed by atoms with Gasteiger partial charge in [0.15, 0.2) is 17.2 Å². The Bertz CT molecular complexity index is 1370. The van der Waals surface area contributed by atoms with Gasteiger partial charge in [0.1, 0.15) is 12.1 Å². The standard InChI is InChI=1S/C33H38N2O7/c1-20(2)31(37)41-19-40-29-26(39-6)16-18-34-28(29)30(36)35-23(5)32(38)42-27-15-17-33(27,24-11-7-21(3)8-12-24)25-13-9-22(4)10-14-25/h7-14,16,18,20,23,27H,15,17,19H2,1-6H3,(H,35,36). The monoisotopic (exact) mass is 574 g/mol. The smallest absolute Gasteiger partial charge is 0.328 e. The van der Waals surface area contributed by atoms with Crippen molar-refractivity contribution in [2.24, 2.45) is 5.92 Å². The fourth-order valence-electron chi connectivity index (χ4n) is 5.01. The van der Waals surface area contributed by atoms with E-state index in [0.29, 0.717) is 6.42 Å². The minimum Gasteiger partial charge on any atom is -0.493 e. The van der Waals surface area contributed by atoms with Gasteiger partial charge in [-0.15, -0.1) is 0 Å². The normalized spacial score (nSPS) is 16.1. The Kier molecular flexibility index (Phi) is 9.50. The molecule has 1 amide bonds. The Hall–Kier alpha value is -4.40. The van der Waals surface area contributed by atoms with Gasteiger partial charge in [-0.3, -0.25) is 9.59 Å². The van der Waals surface area contributed by atoms with Crippen molar-refractivity contribution in [2.45, 2.75) is 65.0 Å². The molecule has 3 aromatic rings. The summed E-state index contributed by atoms with van der Waals surface area (Å²) in [6, 6.07) is 17.2. The molecule has 1 aromatic heterocycles. The molecule has 2 atom stereocenters. The Labute approximate surface area is 246 Å². The summed E-state index contributed by atoms with van der Waals surface area (Å²) >= 11 is 0. The Balaban J connectivity index is 1.49. The summed E-state index contributed by atoms with van der Waals surface area (Å²) < 4.78 is 22.0. The average Bonchev–Trinajstić information content (AvgIpc) is 2.97. The largest absolute Gasteiger partial charge is 0.493 e. The van der Waals surface area contributed by atoms with Gasteiger partial charge in [-0.2, -0.15) is 0 Å². The van der Waals surface area contributed by atoms with Crippen molar-refractivity contribution >= 4 is 17.8 Å². The van der Waals surface area contributed by atoms with E-state index in [4.69, 9.17) is 18.9 Å². The number of pyridine rings is 1. The van der Waals surface area contributed by atoms with Crippen molar-refractivity contribution in [3.63, 3.8) is 0 Å². The third-order valence-electron chi connectivity index (χ3n) is 7.62. The summed E-state index contributed by atoms with van der Waals surface area (Å²) in [5.74, 6) is -1.81. The van der Waals surface area contributed by atoms with Crippen LogP contribution in [-0.2, 0) is 24.5 Å². The van der Waals surface area contributed by atoms with Crippen LogP contribution < -0.4 is 14.8 Å². The Morgan fingerprint density at radius 1 is 0.929 bits per heavy atom. The molecule has 2 unspecified atom stereocenters. The molecule has 2 aromatic carbocycles. The molecule has 1 N–H and O–H groups in total. The zero-order chi connectivity index (χ0) is 30.4. The third kappa shape index (κ3) is 6.40. The fourth-order valence-corrected chi connectivity index (χ4v) is 5.01. The Morgan fingerprint density at radius 2 is 1.52 bits per heavy atom. The maximum absolute atomic E-state index is 13.3. The van der Waals surface area contributed by atoms with E-state index in [9.17, 15) is 14.4 Å². The zero-order valence-corrected chi connectivity index (χ0v) is 24.9. The van der Waals surface area contributed by atoms with Crippen LogP contribution in [0.4, 0.5) is 0 Å². The molecular weight excluding hydrogens is 536 g/mol. The number of methoxy groups -OCH3 is 1. The molecule has 1 aliphatic rings. The van der Waals surface area contributed by atoms with Gasteiger partial charge in [-0.25, -0.2) is 9.78 Å². The molecule has 0 aliphatic heterocycles. The maximum atomic E-state index is 13.3. The number of esters is 2. The lowest BCUT2D eigenvalue weighted by Gasteiger charge is -2.49. The highest BCUT2D eigenvalue weighted by molar-refractivity contribution is 5.98. The predicted molar refractivity (Wildman–Crippen MR) is 156 cm³/mol. The first-order valence-electron chi connectivity index (χ1n) is 14.0. The first-order chi connectivity index (χ1) is 20.1. The number of aryl methyl sites for hydroxylation is 2. The fraction of sp³-hybridized carbons (Fsp3) is 0.394. The van der Waals surface area contributed by atoms with Gasteiger partial charge in [0.2, 0.25) is 6.79 Å². The van der Waals surface area contributed by atoms with Gasteiger partial charge in [0.25, 0.3) is 5.91 Å². The number of ether oxygens (including phenoxy) is 4. The van der Waals surface area contributed by atoms with Crippen LogP contribution in [0.1, 0.15) is 66.4 Å². The van der Waals surface area contributed by atoms with Crippen molar-refractivity contribution < 1.29 is 33.3 Å². The molecule has 0 radical (unpaired) electrons. The van der Waals surface area contributed by atoms with Crippen LogP contribution in [0.25, 0.3) is 0 Å². The van der Waals surface area contributed by atoms with Gasteiger partial charge in [-0.1, -0.05) is 73.5 Å². The lowest BCUT2D eigenvalue weighted by Crippen LogP contribution is -2.53. The van der Waals surface area contributed by atoms with Crippen LogP contribution in [0.2, 0.25) is 0 Å². The second kappa shape index (κ2) is 13.1. The van der Waals surface area contributed by atoms with Crippen molar-refractivity contribution in [3.8, 4) is 11.5 Å². The minimum atomic E-state index is -0.980. The van der Waals surface area contributed by atoms with E-state index in [1.807, 2.05) is 13.8 Å². The second-order valence-electron chi connectivity index (χ2n) is 10.9. The molecule has 9 heteroatoms. The van der Waals surface area contributed by atoms with Crippen molar-refractivity contribution in [2.75, 3.05) is 13.9 Å². The summed E-state index contributed by atoms with van der Waals surface area (Å²) in [5, 5.41) is 2.66. The molecule has 4 rings (SSSR count). The first kappa shape index (κ1) is 30.6. The highest BCUT2D eigenvalue weighted by atomic mass is 16.7. The van der Waals surface area contributed by atoms with Crippen LogP contribution in [0, 0.1) is 19.8 Å². The van der Waals surface area contributed by atoms with Crippen LogP contribution in [0.3, 0.4) is 0 Å². The van der Waals surface area contributed by atoms with E-state index >= 15 is 0 Å². The van der Waals surface area contributed by atoms with E-state index in [0.717, 1.165) is 28.7 Å². The number of carbonyl (C=O) groups is 3. The molecule has 1 aliphatic carbocycles. The number of nitrogens with one attached hydrogen (secondary N) is 1. The van der Waals surface area contributed by atoms with Gasteiger partial charge in [-0.05, 0) is 44.7 Å². The van der Waals surface area contributed by atoms with Crippen LogP contribution in [0.5, 0.6) is 11.5 Å². The number of rotatable bonds is 11. The van der Waals surface area contributed by atoms with Crippen LogP contribution in [0.15, 0.2) is 60.8 Å². The molecule has 1 saturated carbocycles. The highest BCUT2D eigenvalue weighted by Gasteiger charge is 2.52. The van der Waals surface area contributed by atoms with E-state index in [1.54, 1.807) is 20.8 Å². The third-order valence-corrected chi connectivity index (χ3v) is 7.62. The van der Waals surface area contributed by atoms with Gasteiger partial charge in [0, 0.05) is 12.3 Å². The molecule has 9 nitrogen and oxygen atoms in total. The molecular formula is C33H38N2O7. The summed E-state index contributed by atoms with van der Waals surface area (Å²) in [6.45, 7) is 8.60. The first-order valence-corrected chi connectivity index (χ1v) is 14.0. The number of hydrogen-bond donors (Lipinski definition) is 1. The number of nitrogens with zero attached hydrogens (tertiary/aromatic N) is 1. The van der Waals surface area contributed by atoms with Crippen LogP contribution >= 0.6 is 0 Å². The lowest BCUT2D eigenvalue weighted by molar-refractivity contribution is -0.160. The van der Waals surface area contributed by atoms with Gasteiger partial charge < -0.3 is 24.3 Å². The number of carbonyl (C=O) groups excluding carboxylic acids is 3. The predicted octanol–water partition coefficient (Wildman–Crippen LogP) is 5.05. The second-order valence-corrected chi connectivity index (χ2v) is 10.9. The minimum absolute atomic E-state index is 0.00799. The topological polar surface area (TPSA) is 113 Å². The number of hydrogen-bond acceptors (Lipinski definition) is 8. The van der Waals surface area contributed by atoms with Crippen molar-refractivity contribution in [3.05, 3.63) is 88.7 Å². The van der Waals surface area contributed by atoms with E-state index in [1.165, 1.54) is 19.4 Å². The van der Waals surface area contributed by atoms with E-state index in [-0.39, 0.29) is 23.1 Å². The molecule has 0 spiro atoms.